The van der Waals surface area contributed by atoms with Crippen molar-refractivity contribution in [2.75, 3.05) is 6.54 Å². The topological polar surface area (TPSA) is 45.5 Å². The summed E-state index contributed by atoms with van der Waals surface area (Å²) in [6.07, 6.45) is 7.11. The summed E-state index contributed by atoms with van der Waals surface area (Å²) in [5.41, 5.74) is 0.750. The molecule has 1 N–H and O–H groups in total. The van der Waals surface area contributed by atoms with Crippen molar-refractivity contribution < 1.29 is 9.21 Å². The average molecular weight is 276 g/mol. The molecule has 1 aromatic rings. The Balaban J connectivity index is 1.77. The Kier molecular flexibility index (Phi) is 3.83. The number of furan rings is 1. The predicted octanol–water partition coefficient (Wildman–Crippen LogP) is 2.59. The van der Waals surface area contributed by atoms with Crippen molar-refractivity contribution in [3.05, 3.63) is 23.7 Å². The van der Waals surface area contributed by atoms with Crippen LogP contribution in [0.1, 0.15) is 55.6 Å². The molecule has 2 unspecified atom stereocenters. The lowest BCUT2D eigenvalue weighted by atomic mass is 9.97. The van der Waals surface area contributed by atoms with Crippen LogP contribution in [0.3, 0.4) is 0 Å². The Labute approximate surface area is 120 Å². The van der Waals surface area contributed by atoms with Crippen LogP contribution in [0.2, 0.25) is 0 Å². The fourth-order valence-corrected chi connectivity index (χ4v) is 3.81. The third-order valence-electron chi connectivity index (χ3n) is 4.79. The first-order valence-corrected chi connectivity index (χ1v) is 7.86. The van der Waals surface area contributed by atoms with Crippen LogP contribution in [-0.4, -0.2) is 35.5 Å². The van der Waals surface area contributed by atoms with Crippen molar-refractivity contribution >= 4 is 5.91 Å². The molecule has 0 aromatic carbocycles. The Morgan fingerprint density at radius 1 is 1.35 bits per heavy atom. The number of aryl methyl sites for hydroxylation is 1. The highest BCUT2D eigenvalue weighted by Gasteiger charge is 2.37. The van der Waals surface area contributed by atoms with Gasteiger partial charge in [0.2, 0.25) is 0 Å². The van der Waals surface area contributed by atoms with Crippen LogP contribution in [0.15, 0.2) is 16.7 Å². The van der Waals surface area contributed by atoms with Gasteiger partial charge in [-0.1, -0.05) is 6.92 Å². The van der Waals surface area contributed by atoms with Crippen molar-refractivity contribution in [1.29, 1.82) is 0 Å². The highest BCUT2D eigenvalue weighted by Crippen LogP contribution is 2.30. The van der Waals surface area contributed by atoms with Gasteiger partial charge in [0.25, 0.3) is 5.91 Å². The van der Waals surface area contributed by atoms with Crippen LogP contribution >= 0.6 is 0 Å². The summed E-state index contributed by atoms with van der Waals surface area (Å²) in [7, 11) is 0. The van der Waals surface area contributed by atoms with E-state index >= 15 is 0 Å². The van der Waals surface area contributed by atoms with Crippen LogP contribution in [0.5, 0.6) is 0 Å². The van der Waals surface area contributed by atoms with Crippen LogP contribution in [0.4, 0.5) is 0 Å². The highest BCUT2D eigenvalue weighted by atomic mass is 16.3. The standard InChI is InChI=1S/C16H24N2O2/c1-3-15-14(7-8-20-15)16(19)18(4-2)13-9-11-5-6-12(10-13)17-11/h7-8,11-13,17H,3-6,9-10H2,1-2H3. The van der Waals surface area contributed by atoms with Crippen molar-refractivity contribution in [2.24, 2.45) is 0 Å². The molecule has 20 heavy (non-hydrogen) atoms. The predicted molar refractivity (Wildman–Crippen MR) is 77.8 cm³/mol. The Morgan fingerprint density at radius 2 is 2.05 bits per heavy atom. The molecule has 0 spiro atoms. The molecule has 3 rings (SSSR count). The van der Waals surface area contributed by atoms with E-state index < -0.39 is 0 Å². The minimum absolute atomic E-state index is 0.143. The molecule has 3 heterocycles. The molecule has 0 radical (unpaired) electrons. The summed E-state index contributed by atoms with van der Waals surface area (Å²) >= 11 is 0. The SMILES string of the molecule is CCc1occc1C(=O)N(CC)C1CC2CCC(C1)N2. The second kappa shape index (κ2) is 5.60. The van der Waals surface area contributed by atoms with E-state index in [4.69, 9.17) is 4.42 Å². The zero-order valence-electron chi connectivity index (χ0n) is 12.4. The van der Waals surface area contributed by atoms with E-state index in [1.807, 2.05) is 13.0 Å². The fraction of sp³-hybridized carbons (Fsp3) is 0.688. The normalized spacial score (nSPS) is 28.6. The van der Waals surface area contributed by atoms with Gasteiger partial charge in [-0.3, -0.25) is 4.79 Å². The second-order valence-electron chi connectivity index (χ2n) is 5.97. The van der Waals surface area contributed by atoms with Crippen molar-refractivity contribution in [2.45, 2.75) is 64.1 Å². The quantitative estimate of drug-likeness (QED) is 0.919. The van der Waals surface area contributed by atoms with E-state index in [1.54, 1.807) is 6.26 Å². The van der Waals surface area contributed by atoms with Gasteiger partial charge >= 0.3 is 0 Å². The van der Waals surface area contributed by atoms with Crippen LogP contribution in [0, 0.1) is 0 Å². The number of carbonyl (C=O) groups is 1. The maximum Gasteiger partial charge on any atom is 0.257 e. The minimum Gasteiger partial charge on any atom is -0.469 e. The van der Waals surface area contributed by atoms with Gasteiger partial charge in [-0.2, -0.15) is 0 Å². The van der Waals surface area contributed by atoms with E-state index in [0.29, 0.717) is 18.1 Å². The number of nitrogens with zero attached hydrogens (tertiary/aromatic N) is 1. The first-order chi connectivity index (χ1) is 9.72. The Morgan fingerprint density at radius 3 is 2.65 bits per heavy atom. The van der Waals surface area contributed by atoms with Gasteiger partial charge in [-0.05, 0) is 38.7 Å². The molecule has 2 aliphatic rings. The average Bonchev–Trinajstić information content (AvgIpc) is 3.06. The summed E-state index contributed by atoms with van der Waals surface area (Å²) in [5.74, 6) is 0.953. The Bertz CT molecular complexity index is 471. The number of amides is 1. The molecule has 2 fully saturated rings. The van der Waals surface area contributed by atoms with Gasteiger partial charge in [-0.15, -0.1) is 0 Å². The number of hydrogen-bond donors (Lipinski definition) is 1. The molecule has 2 saturated heterocycles. The lowest BCUT2D eigenvalue weighted by Crippen LogP contribution is -2.50. The lowest BCUT2D eigenvalue weighted by molar-refractivity contribution is 0.0629. The lowest BCUT2D eigenvalue weighted by Gasteiger charge is -2.37. The first-order valence-electron chi connectivity index (χ1n) is 7.86. The fourth-order valence-electron chi connectivity index (χ4n) is 3.81. The van der Waals surface area contributed by atoms with Crippen LogP contribution in [-0.2, 0) is 6.42 Å². The largest absolute Gasteiger partial charge is 0.469 e. The van der Waals surface area contributed by atoms with Gasteiger partial charge < -0.3 is 14.6 Å². The van der Waals surface area contributed by atoms with E-state index in [9.17, 15) is 4.79 Å². The van der Waals surface area contributed by atoms with Gasteiger partial charge in [0, 0.05) is 31.1 Å². The molecule has 2 aliphatic heterocycles. The molecular weight excluding hydrogens is 252 g/mol. The third kappa shape index (κ3) is 2.37. The van der Waals surface area contributed by atoms with E-state index in [2.05, 4.69) is 17.1 Å². The van der Waals surface area contributed by atoms with Crippen molar-refractivity contribution in [3.63, 3.8) is 0 Å². The first kappa shape index (κ1) is 13.7. The number of carbonyl (C=O) groups excluding carboxylic acids is 1. The molecular formula is C16H24N2O2. The molecule has 1 aromatic heterocycles. The summed E-state index contributed by atoms with van der Waals surface area (Å²) in [6.45, 7) is 4.88. The van der Waals surface area contributed by atoms with Gasteiger partial charge in [0.05, 0.1) is 11.8 Å². The van der Waals surface area contributed by atoms with Gasteiger partial charge in [0.1, 0.15) is 5.76 Å². The summed E-state index contributed by atoms with van der Waals surface area (Å²) in [6, 6.07) is 3.41. The maximum atomic E-state index is 12.8. The summed E-state index contributed by atoms with van der Waals surface area (Å²) < 4.78 is 5.41. The molecule has 110 valence electrons. The number of piperidine rings is 1. The zero-order chi connectivity index (χ0) is 14.1. The number of fused-ring (bicyclic) bond motifs is 2. The zero-order valence-corrected chi connectivity index (χ0v) is 12.4. The van der Waals surface area contributed by atoms with E-state index in [1.165, 1.54) is 12.8 Å². The molecule has 0 saturated carbocycles. The van der Waals surface area contributed by atoms with Gasteiger partial charge in [0.15, 0.2) is 0 Å². The number of rotatable bonds is 4. The highest BCUT2D eigenvalue weighted by molar-refractivity contribution is 5.95. The van der Waals surface area contributed by atoms with Gasteiger partial charge in [-0.25, -0.2) is 0 Å². The number of hydrogen-bond acceptors (Lipinski definition) is 3. The maximum absolute atomic E-state index is 12.8. The summed E-state index contributed by atoms with van der Waals surface area (Å²) in [4.78, 5) is 14.8. The smallest absolute Gasteiger partial charge is 0.257 e. The Hall–Kier alpha value is -1.29. The summed E-state index contributed by atoms with van der Waals surface area (Å²) in [5, 5.41) is 3.64. The van der Waals surface area contributed by atoms with Crippen molar-refractivity contribution in [1.82, 2.24) is 10.2 Å². The minimum atomic E-state index is 0.143. The number of nitrogens with one attached hydrogen (secondary N) is 1. The molecule has 4 nitrogen and oxygen atoms in total. The molecule has 0 aliphatic carbocycles. The molecule has 2 bridgehead atoms. The molecule has 2 atom stereocenters. The van der Waals surface area contributed by atoms with E-state index in [0.717, 1.165) is 37.1 Å². The van der Waals surface area contributed by atoms with E-state index in [-0.39, 0.29) is 5.91 Å². The second-order valence-corrected chi connectivity index (χ2v) is 5.97. The third-order valence-corrected chi connectivity index (χ3v) is 4.79. The van der Waals surface area contributed by atoms with Crippen molar-refractivity contribution in [3.8, 4) is 0 Å². The molecule has 4 heteroatoms. The van der Waals surface area contributed by atoms with Crippen LogP contribution in [0.25, 0.3) is 0 Å². The van der Waals surface area contributed by atoms with Crippen LogP contribution < -0.4 is 5.32 Å². The molecule has 1 amide bonds. The monoisotopic (exact) mass is 276 g/mol.